The molecule has 65 heavy (non-hydrogen) atoms. The van der Waals surface area contributed by atoms with Gasteiger partial charge in [0.2, 0.25) is 0 Å². The molecule has 10 aromatic carbocycles. The second-order valence-electron chi connectivity index (χ2n) is 18.4. The summed E-state index contributed by atoms with van der Waals surface area (Å²) in [6, 6.07) is 80.9. The minimum atomic E-state index is -0.0459. The molecule has 1 aromatic heterocycles. The molecule has 0 spiro atoms. The molecule has 0 bridgehead atoms. The van der Waals surface area contributed by atoms with Gasteiger partial charge < -0.3 is 9.47 Å². The van der Waals surface area contributed by atoms with Crippen LogP contribution in [0.2, 0.25) is 0 Å². The number of aromatic nitrogens is 1. The van der Waals surface area contributed by atoms with Gasteiger partial charge in [-0.3, -0.25) is 0 Å². The monoisotopic (exact) mass is 832 g/mol. The van der Waals surface area contributed by atoms with Gasteiger partial charge in [0.15, 0.2) is 0 Å². The molecule has 0 fully saturated rings. The molecule has 1 aliphatic carbocycles. The molecule has 11 aromatic rings. The third-order valence-corrected chi connectivity index (χ3v) is 13.9. The molecular weight excluding hydrogens is 785 g/mol. The smallest absolute Gasteiger partial charge is 0.0547 e. The molecule has 0 saturated heterocycles. The van der Waals surface area contributed by atoms with E-state index < -0.39 is 0 Å². The van der Waals surface area contributed by atoms with Gasteiger partial charge in [-0.05, 0) is 147 Å². The lowest BCUT2D eigenvalue weighted by Gasteiger charge is -2.26. The summed E-state index contributed by atoms with van der Waals surface area (Å²) >= 11 is 0. The molecule has 0 aliphatic heterocycles. The number of aryl methyl sites for hydroxylation is 2. The molecule has 2 nitrogen and oxygen atoms in total. The fraction of sp³-hybridized carbons (Fsp3) is 0.0794. The van der Waals surface area contributed by atoms with E-state index in [1.165, 1.54) is 99.3 Å². The highest BCUT2D eigenvalue weighted by Crippen LogP contribution is 2.50. The number of anilines is 3. The van der Waals surface area contributed by atoms with Crippen LogP contribution in [0, 0.1) is 13.8 Å². The van der Waals surface area contributed by atoms with Crippen LogP contribution in [-0.4, -0.2) is 4.57 Å². The number of rotatable bonds is 7. The number of hydrogen-bond acceptors (Lipinski definition) is 1. The van der Waals surface area contributed by atoms with Crippen molar-refractivity contribution < 1.29 is 0 Å². The van der Waals surface area contributed by atoms with Crippen molar-refractivity contribution in [2.75, 3.05) is 4.90 Å². The maximum absolute atomic E-state index is 2.43. The summed E-state index contributed by atoms with van der Waals surface area (Å²) in [6.07, 6.45) is 0. The lowest BCUT2D eigenvalue weighted by molar-refractivity contribution is 0.660. The van der Waals surface area contributed by atoms with Crippen LogP contribution < -0.4 is 4.90 Å². The first kappa shape index (κ1) is 38.7. The first-order chi connectivity index (χ1) is 31.8. The van der Waals surface area contributed by atoms with Crippen molar-refractivity contribution in [2.24, 2.45) is 0 Å². The minimum absolute atomic E-state index is 0.0459. The maximum atomic E-state index is 2.43. The quantitative estimate of drug-likeness (QED) is 0.155. The van der Waals surface area contributed by atoms with Crippen molar-refractivity contribution in [3.05, 3.63) is 241 Å². The van der Waals surface area contributed by atoms with Gasteiger partial charge >= 0.3 is 0 Å². The van der Waals surface area contributed by atoms with Gasteiger partial charge in [-0.15, -0.1) is 0 Å². The van der Waals surface area contributed by atoms with Crippen LogP contribution in [0.5, 0.6) is 0 Å². The standard InChI is InChI=1S/C63H48N2/c1-41-19-28-49(29-20-41)64(50-30-22-43(23-31-50)46-26-35-56-55-34-21-42(2)37-59(55)63(3,4)60(56)39-46)51-32-24-44(25-33-51)47-27-36-58-57-16-7-8-18-61(57)65(62(58)40-47)52-14-9-13-48(38-52)54-17-10-12-45-11-5-6-15-53(45)54/h5-40H,1-4H3. The largest absolute Gasteiger partial charge is 0.311 e. The van der Waals surface area contributed by atoms with E-state index >= 15 is 0 Å². The second-order valence-corrected chi connectivity index (χ2v) is 18.4. The van der Waals surface area contributed by atoms with Crippen molar-refractivity contribution in [3.63, 3.8) is 0 Å². The Kier molecular flexibility index (Phi) is 9.00. The Morgan fingerprint density at radius 3 is 1.63 bits per heavy atom. The lowest BCUT2D eigenvalue weighted by Crippen LogP contribution is -2.15. The topological polar surface area (TPSA) is 8.17 Å². The molecule has 12 rings (SSSR count). The van der Waals surface area contributed by atoms with Crippen LogP contribution in [0.15, 0.2) is 218 Å². The summed E-state index contributed by atoms with van der Waals surface area (Å²) in [5, 5.41) is 5.01. The zero-order valence-electron chi connectivity index (χ0n) is 37.2. The van der Waals surface area contributed by atoms with E-state index in [0.29, 0.717) is 0 Å². The first-order valence-electron chi connectivity index (χ1n) is 22.7. The van der Waals surface area contributed by atoms with Crippen LogP contribution >= 0.6 is 0 Å². The van der Waals surface area contributed by atoms with Gasteiger partial charge in [0.05, 0.1) is 11.0 Å². The van der Waals surface area contributed by atoms with Crippen LogP contribution in [0.25, 0.3) is 82.8 Å². The summed E-state index contributed by atoms with van der Waals surface area (Å²) < 4.78 is 2.43. The first-order valence-corrected chi connectivity index (χ1v) is 22.7. The Morgan fingerprint density at radius 1 is 0.354 bits per heavy atom. The molecular formula is C63H48N2. The Bertz CT molecular complexity index is 3620. The van der Waals surface area contributed by atoms with Gasteiger partial charge in [0, 0.05) is 38.9 Å². The Balaban J connectivity index is 0.898. The molecule has 0 N–H and O–H groups in total. The Hall–Kier alpha value is -7.94. The molecule has 0 atom stereocenters. The number of hydrogen-bond donors (Lipinski definition) is 0. The fourth-order valence-electron chi connectivity index (χ4n) is 10.5. The average molecular weight is 833 g/mol. The fourth-order valence-corrected chi connectivity index (χ4v) is 10.5. The predicted molar refractivity (Wildman–Crippen MR) is 276 cm³/mol. The zero-order valence-corrected chi connectivity index (χ0v) is 37.2. The Labute approximate surface area is 381 Å². The number of para-hydroxylation sites is 1. The van der Waals surface area contributed by atoms with E-state index in [0.717, 1.165) is 22.7 Å². The van der Waals surface area contributed by atoms with Gasteiger partial charge in [-0.25, -0.2) is 0 Å². The van der Waals surface area contributed by atoms with Gasteiger partial charge in [0.25, 0.3) is 0 Å². The number of nitrogens with zero attached hydrogens (tertiary/aromatic N) is 2. The van der Waals surface area contributed by atoms with E-state index in [1.54, 1.807) is 0 Å². The number of benzene rings is 10. The molecule has 0 saturated carbocycles. The van der Waals surface area contributed by atoms with Crippen LogP contribution in [0.4, 0.5) is 17.1 Å². The minimum Gasteiger partial charge on any atom is -0.311 e. The molecule has 0 unspecified atom stereocenters. The highest BCUT2D eigenvalue weighted by Gasteiger charge is 2.35. The summed E-state index contributed by atoms with van der Waals surface area (Å²) in [7, 11) is 0. The van der Waals surface area contributed by atoms with E-state index in [9.17, 15) is 0 Å². The highest BCUT2D eigenvalue weighted by molar-refractivity contribution is 6.10. The molecule has 2 heteroatoms. The molecule has 310 valence electrons. The average Bonchev–Trinajstić information content (AvgIpc) is 3.79. The van der Waals surface area contributed by atoms with E-state index in [1.807, 2.05) is 0 Å². The molecule has 0 amide bonds. The van der Waals surface area contributed by atoms with Crippen molar-refractivity contribution in [1.29, 1.82) is 0 Å². The number of fused-ring (bicyclic) bond motifs is 7. The van der Waals surface area contributed by atoms with Crippen molar-refractivity contribution in [2.45, 2.75) is 33.1 Å². The molecule has 0 radical (unpaired) electrons. The van der Waals surface area contributed by atoms with Crippen LogP contribution in [0.3, 0.4) is 0 Å². The lowest BCUT2D eigenvalue weighted by atomic mass is 9.81. The van der Waals surface area contributed by atoms with E-state index in [2.05, 4.69) is 256 Å². The van der Waals surface area contributed by atoms with Crippen molar-refractivity contribution >= 4 is 49.6 Å². The Morgan fingerprint density at radius 2 is 0.892 bits per heavy atom. The SMILES string of the molecule is Cc1ccc(N(c2ccc(-c3ccc4c(c3)C(C)(C)c3cc(C)ccc3-4)cc2)c2ccc(-c3ccc4c5ccccc5n(-c5cccc(-c6cccc7ccccc67)c5)c4c3)cc2)cc1. The molecule has 1 aliphatic rings. The normalized spacial score (nSPS) is 12.7. The van der Waals surface area contributed by atoms with Gasteiger partial charge in [-0.2, -0.15) is 0 Å². The van der Waals surface area contributed by atoms with Crippen LogP contribution in [-0.2, 0) is 5.41 Å². The van der Waals surface area contributed by atoms with Gasteiger partial charge in [0.1, 0.15) is 0 Å². The maximum Gasteiger partial charge on any atom is 0.0547 e. The highest BCUT2D eigenvalue weighted by atomic mass is 15.1. The summed E-state index contributed by atoms with van der Waals surface area (Å²) in [5.74, 6) is 0. The van der Waals surface area contributed by atoms with E-state index in [-0.39, 0.29) is 5.41 Å². The second kappa shape index (κ2) is 15.1. The summed E-state index contributed by atoms with van der Waals surface area (Å²) in [5.41, 5.74) is 22.2. The van der Waals surface area contributed by atoms with Gasteiger partial charge in [-0.1, -0.05) is 177 Å². The van der Waals surface area contributed by atoms with Crippen molar-refractivity contribution in [1.82, 2.24) is 4.57 Å². The summed E-state index contributed by atoms with van der Waals surface area (Å²) in [4.78, 5) is 2.36. The predicted octanol–water partition coefficient (Wildman–Crippen LogP) is 17.3. The van der Waals surface area contributed by atoms with Crippen molar-refractivity contribution in [3.8, 4) is 50.2 Å². The van der Waals surface area contributed by atoms with E-state index in [4.69, 9.17) is 0 Å². The summed E-state index contributed by atoms with van der Waals surface area (Å²) in [6.45, 7) is 9.06. The third-order valence-electron chi connectivity index (χ3n) is 13.9. The molecule has 1 heterocycles. The van der Waals surface area contributed by atoms with Crippen LogP contribution in [0.1, 0.15) is 36.1 Å². The third kappa shape index (κ3) is 6.48. The zero-order chi connectivity index (χ0) is 43.8.